The van der Waals surface area contributed by atoms with Crippen LogP contribution >= 0.6 is 11.6 Å². The SMILES string of the molecule is COc1ccc(S(=O)(=O)N2CCN(Cc3ncc(Cl)n3C)CC2)cc1. The molecule has 9 heteroatoms. The highest BCUT2D eigenvalue weighted by atomic mass is 35.5. The largest absolute Gasteiger partial charge is 0.497 e. The van der Waals surface area contributed by atoms with E-state index in [0.717, 1.165) is 5.82 Å². The first-order valence-electron chi connectivity index (χ1n) is 7.94. The van der Waals surface area contributed by atoms with Gasteiger partial charge in [0.15, 0.2) is 0 Å². The third-order valence-corrected chi connectivity index (χ3v) is 6.69. The maximum absolute atomic E-state index is 12.7. The smallest absolute Gasteiger partial charge is 0.243 e. The van der Waals surface area contributed by atoms with Crippen LogP contribution in [0.5, 0.6) is 5.75 Å². The highest BCUT2D eigenvalue weighted by molar-refractivity contribution is 7.89. The van der Waals surface area contributed by atoms with Crippen LogP contribution in [0.3, 0.4) is 0 Å². The second-order valence-electron chi connectivity index (χ2n) is 5.91. The second-order valence-corrected chi connectivity index (χ2v) is 8.24. The van der Waals surface area contributed by atoms with Crippen molar-refractivity contribution < 1.29 is 13.2 Å². The minimum atomic E-state index is -3.48. The molecule has 1 aliphatic heterocycles. The lowest BCUT2D eigenvalue weighted by Gasteiger charge is -2.33. The van der Waals surface area contributed by atoms with Crippen LogP contribution in [0.4, 0.5) is 0 Å². The van der Waals surface area contributed by atoms with E-state index in [1.807, 2.05) is 11.6 Å². The minimum absolute atomic E-state index is 0.289. The molecule has 1 aromatic heterocycles. The summed E-state index contributed by atoms with van der Waals surface area (Å²) in [4.78, 5) is 6.76. The van der Waals surface area contributed by atoms with E-state index in [1.54, 1.807) is 37.6 Å². The predicted octanol–water partition coefficient (Wildman–Crippen LogP) is 1.59. The number of rotatable bonds is 5. The maximum atomic E-state index is 12.7. The number of halogens is 1. The van der Waals surface area contributed by atoms with Gasteiger partial charge in [-0.3, -0.25) is 4.90 Å². The first-order valence-corrected chi connectivity index (χ1v) is 9.76. The van der Waals surface area contributed by atoms with Crippen molar-refractivity contribution in [1.82, 2.24) is 18.8 Å². The van der Waals surface area contributed by atoms with Crippen molar-refractivity contribution in [2.45, 2.75) is 11.4 Å². The van der Waals surface area contributed by atoms with Gasteiger partial charge in [0.2, 0.25) is 10.0 Å². The average molecular weight is 385 g/mol. The first-order chi connectivity index (χ1) is 11.9. The van der Waals surface area contributed by atoms with E-state index < -0.39 is 10.0 Å². The van der Waals surface area contributed by atoms with Gasteiger partial charge in [0.25, 0.3) is 0 Å². The number of ether oxygens (including phenoxy) is 1. The van der Waals surface area contributed by atoms with Crippen LogP contribution in [0, 0.1) is 0 Å². The molecule has 1 aliphatic rings. The number of nitrogens with zero attached hydrogens (tertiary/aromatic N) is 4. The van der Waals surface area contributed by atoms with Gasteiger partial charge in [0.05, 0.1) is 24.7 Å². The molecule has 0 N–H and O–H groups in total. The van der Waals surface area contributed by atoms with E-state index in [0.29, 0.717) is 43.6 Å². The Morgan fingerprint density at radius 2 is 1.80 bits per heavy atom. The quantitative estimate of drug-likeness (QED) is 0.783. The van der Waals surface area contributed by atoms with Crippen LogP contribution in [-0.4, -0.2) is 60.5 Å². The van der Waals surface area contributed by atoms with Crippen molar-refractivity contribution in [3.05, 3.63) is 41.4 Å². The fraction of sp³-hybridized carbons (Fsp3) is 0.438. The fourth-order valence-corrected chi connectivity index (χ4v) is 4.36. The predicted molar refractivity (Wildman–Crippen MR) is 95.2 cm³/mol. The molecule has 0 saturated carbocycles. The third kappa shape index (κ3) is 3.82. The Balaban J connectivity index is 1.63. The zero-order valence-corrected chi connectivity index (χ0v) is 15.8. The molecule has 0 aliphatic carbocycles. The lowest BCUT2D eigenvalue weighted by atomic mass is 10.3. The molecule has 2 heterocycles. The summed E-state index contributed by atoms with van der Waals surface area (Å²) in [5, 5.41) is 0.593. The molecule has 7 nitrogen and oxygen atoms in total. The van der Waals surface area contributed by atoms with Crippen LogP contribution in [0.25, 0.3) is 0 Å². The Morgan fingerprint density at radius 3 is 2.32 bits per heavy atom. The van der Waals surface area contributed by atoms with Gasteiger partial charge in [0, 0.05) is 33.2 Å². The number of sulfonamides is 1. The molecule has 0 unspecified atom stereocenters. The number of aromatic nitrogens is 2. The van der Waals surface area contributed by atoms with Crippen molar-refractivity contribution in [3.8, 4) is 5.75 Å². The summed E-state index contributed by atoms with van der Waals surface area (Å²) in [6.45, 7) is 2.86. The van der Waals surface area contributed by atoms with E-state index >= 15 is 0 Å². The van der Waals surface area contributed by atoms with Crippen LogP contribution < -0.4 is 4.74 Å². The van der Waals surface area contributed by atoms with Gasteiger partial charge in [-0.1, -0.05) is 11.6 Å². The van der Waals surface area contributed by atoms with E-state index in [-0.39, 0.29) is 4.90 Å². The van der Waals surface area contributed by atoms with E-state index in [4.69, 9.17) is 16.3 Å². The van der Waals surface area contributed by atoms with Gasteiger partial charge in [0.1, 0.15) is 16.7 Å². The summed E-state index contributed by atoms with van der Waals surface area (Å²) < 4.78 is 33.9. The van der Waals surface area contributed by atoms with Crippen LogP contribution in [0.15, 0.2) is 35.4 Å². The van der Waals surface area contributed by atoms with E-state index in [1.165, 1.54) is 4.31 Å². The zero-order chi connectivity index (χ0) is 18.0. The number of hydrogen-bond donors (Lipinski definition) is 0. The molecule has 0 radical (unpaired) electrons. The molecule has 1 fully saturated rings. The molecule has 0 bridgehead atoms. The van der Waals surface area contributed by atoms with Crippen molar-refractivity contribution in [2.75, 3.05) is 33.3 Å². The number of piperazine rings is 1. The summed E-state index contributed by atoms with van der Waals surface area (Å²) >= 11 is 6.00. The molecule has 1 aromatic carbocycles. The summed E-state index contributed by atoms with van der Waals surface area (Å²) in [7, 11) is -0.0550. The summed E-state index contributed by atoms with van der Waals surface area (Å²) in [5.74, 6) is 1.51. The topological polar surface area (TPSA) is 67.7 Å². The molecule has 3 rings (SSSR count). The van der Waals surface area contributed by atoms with Gasteiger partial charge in [-0.25, -0.2) is 13.4 Å². The molecule has 0 atom stereocenters. The summed E-state index contributed by atoms with van der Waals surface area (Å²) in [6, 6.07) is 6.48. The Kier molecular flexibility index (Phi) is 5.33. The summed E-state index contributed by atoms with van der Waals surface area (Å²) in [6.07, 6.45) is 1.63. The van der Waals surface area contributed by atoms with Crippen LogP contribution in [0.2, 0.25) is 5.15 Å². The van der Waals surface area contributed by atoms with Crippen molar-refractivity contribution >= 4 is 21.6 Å². The molecule has 0 amide bonds. The molecule has 136 valence electrons. The minimum Gasteiger partial charge on any atom is -0.497 e. The molecule has 0 spiro atoms. The number of hydrogen-bond acceptors (Lipinski definition) is 5. The van der Waals surface area contributed by atoms with Crippen LogP contribution in [0.1, 0.15) is 5.82 Å². The van der Waals surface area contributed by atoms with Gasteiger partial charge >= 0.3 is 0 Å². The average Bonchev–Trinajstić information content (AvgIpc) is 2.94. The van der Waals surface area contributed by atoms with Crippen molar-refractivity contribution in [2.24, 2.45) is 7.05 Å². The van der Waals surface area contributed by atoms with Crippen LogP contribution in [-0.2, 0) is 23.6 Å². The van der Waals surface area contributed by atoms with Gasteiger partial charge < -0.3 is 9.30 Å². The number of benzene rings is 1. The van der Waals surface area contributed by atoms with Crippen molar-refractivity contribution in [1.29, 1.82) is 0 Å². The fourth-order valence-electron chi connectivity index (χ4n) is 2.80. The zero-order valence-electron chi connectivity index (χ0n) is 14.2. The maximum Gasteiger partial charge on any atom is 0.243 e. The standard InChI is InChI=1S/C16H21ClN4O3S/c1-19-15(17)11-18-16(19)12-20-7-9-21(10-8-20)25(22,23)14-5-3-13(24-2)4-6-14/h3-6,11H,7-10,12H2,1-2H3. The molecular weight excluding hydrogens is 364 g/mol. The third-order valence-electron chi connectivity index (χ3n) is 4.42. The van der Waals surface area contributed by atoms with Crippen molar-refractivity contribution in [3.63, 3.8) is 0 Å². The number of imidazole rings is 1. The monoisotopic (exact) mass is 384 g/mol. The lowest BCUT2D eigenvalue weighted by Crippen LogP contribution is -2.48. The van der Waals surface area contributed by atoms with E-state index in [9.17, 15) is 8.42 Å². The van der Waals surface area contributed by atoms with Gasteiger partial charge in [-0.05, 0) is 24.3 Å². The Morgan fingerprint density at radius 1 is 1.16 bits per heavy atom. The number of methoxy groups -OCH3 is 1. The highest BCUT2D eigenvalue weighted by Crippen LogP contribution is 2.21. The molecule has 25 heavy (non-hydrogen) atoms. The lowest BCUT2D eigenvalue weighted by molar-refractivity contribution is 0.177. The summed E-state index contributed by atoms with van der Waals surface area (Å²) in [5.41, 5.74) is 0. The highest BCUT2D eigenvalue weighted by Gasteiger charge is 2.28. The molecule has 1 saturated heterocycles. The second kappa shape index (κ2) is 7.33. The van der Waals surface area contributed by atoms with E-state index in [2.05, 4.69) is 9.88 Å². The first kappa shape index (κ1) is 18.2. The van der Waals surface area contributed by atoms with Gasteiger partial charge in [-0.15, -0.1) is 0 Å². The molecular formula is C16H21ClN4O3S. The Labute approximate surface area is 152 Å². The Hall–Kier alpha value is -1.61. The molecule has 2 aromatic rings. The Bertz CT molecular complexity index is 828. The van der Waals surface area contributed by atoms with Gasteiger partial charge in [-0.2, -0.15) is 4.31 Å². The normalized spacial score (nSPS) is 16.9.